The summed E-state index contributed by atoms with van der Waals surface area (Å²) < 4.78 is 93.9. The van der Waals surface area contributed by atoms with Crippen LogP contribution in [0.1, 0.15) is 40.2 Å². The number of hydrogen-bond acceptors (Lipinski definition) is 6. The maximum atomic E-state index is 13.9. The Bertz CT molecular complexity index is 1430. The molecule has 1 aromatic heterocycles. The summed E-state index contributed by atoms with van der Waals surface area (Å²) in [7, 11) is 1.29. The molecule has 0 saturated carbocycles. The minimum atomic E-state index is -5.03. The van der Waals surface area contributed by atoms with Crippen molar-refractivity contribution in [1.82, 2.24) is 9.88 Å². The second-order valence-corrected chi connectivity index (χ2v) is 10.8. The van der Waals surface area contributed by atoms with Gasteiger partial charge in [-0.1, -0.05) is 6.07 Å². The van der Waals surface area contributed by atoms with Crippen LogP contribution in [0.25, 0.3) is 0 Å². The van der Waals surface area contributed by atoms with Gasteiger partial charge in [0.05, 0.1) is 16.1 Å². The fraction of sp³-hybridized carbons (Fsp3) is 0.385. The average Bonchev–Trinajstić information content (AvgIpc) is 3.38. The lowest BCUT2D eigenvalue weighted by atomic mass is 9.78. The van der Waals surface area contributed by atoms with Crippen LogP contribution in [0.3, 0.4) is 0 Å². The van der Waals surface area contributed by atoms with Crippen LogP contribution in [0.2, 0.25) is 0 Å². The maximum absolute atomic E-state index is 13.9. The van der Waals surface area contributed by atoms with Crippen LogP contribution in [-0.2, 0) is 23.7 Å². The summed E-state index contributed by atoms with van der Waals surface area (Å²) in [4.78, 5) is 31.1. The van der Waals surface area contributed by atoms with E-state index in [4.69, 9.17) is 0 Å². The first-order valence-electron chi connectivity index (χ1n) is 12.2. The van der Waals surface area contributed by atoms with Gasteiger partial charge in [-0.3, -0.25) is 14.9 Å². The molecule has 0 bridgehead atoms. The van der Waals surface area contributed by atoms with Gasteiger partial charge in [-0.05, 0) is 71.7 Å². The monoisotopic (exact) mass is 604 g/mol. The Labute approximate surface area is 233 Å². The highest BCUT2D eigenvalue weighted by Crippen LogP contribution is 2.40. The number of halogens is 7. The van der Waals surface area contributed by atoms with Crippen molar-refractivity contribution in [2.45, 2.75) is 38.2 Å². The number of aryl methyl sites for hydroxylation is 1. The largest absolute Gasteiger partial charge is 0.416 e. The summed E-state index contributed by atoms with van der Waals surface area (Å²) in [6.07, 6.45) is -8.73. The summed E-state index contributed by atoms with van der Waals surface area (Å²) in [5.41, 5.74) is -2.14. The third-order valence-electron chi connectivity index (χ3n) is 6.94. The summed E-state index contributed by atoms with van der Waals surface area (Å²) in [6.45, 7) is 1.56. The molecule has 2 atom stereocenters. The number of amides is 1. The molecule has 0 unspecified atom stereocenters. The molecule has 1 amide bonds. The standard InChI is InChI=1S/C26H23F7N4O3S/c1-14-7-18(27)3-4-19(14)21-13-36(24-34-11-22(41-24)37(39)40)6-5-20(21)23(38)35(2)12-15-8-16(25(28,29)30)10-17(9-15)26(31,32)33/h3-4,7-11,20-21H,5-6,12-13H2,1-2H3/t20-,21+/m1/s1. The fourth-order valence-electron chi connectivity index (χ4n) is 5.02. The second kappa shape index (κ2) is 11.3. The summed E-state index contributed by atoms with van der Waals surface area (Å²) in [5, 5.41) is 11.3. The fourth-order valence-corrected chi connectivity index (χ4v) is 5.79. The molecule has 0 aliphatic carbocycles. The van der Waals surface area contributed by atoms with Crippen LogP contribution in [0.5, 0.6) is 0 Å². The quantitative estimate of drug-likeness (QED) is 0.176. The van der Waals surface area contributed by atoms with Crippen LogP contribution < -0.4 is 4.90 Å². The third kappa shape index (κ3) is 6.77. The van der Waals surface area contributed by atoms with Crippen molar-refractivity contribution in [2.24, 2.45) is 5.92 Å². The van der Waals surface area contributed by atoms with E-state index in [2.05, 4.69) is 4.98 Å². The van der Waals surface area contributed by atoms with Crippen molar-refractivity contribution in [3.8, 4) is 0 Å². The van der Waals surface area contributed by atoms with Crippen molar-refractivity contribution < 1.29 is 40.5 Å². The Kier molecular flexibility index (Phi) is 8.30. The third-order valence-corrected chi connectivity index (χ3v) is 7.95. The smallest absolute Gasteiger partial charge is 0.347 e. The number of hydrogen-bond donors (Lipinski definition) is 0. The van der Waals surface area contributed by atoms with Crippen LogP contribution in [0.15, 0.2) is 42.6 Å². The minimum absolute atomic E-state index is 0.0251. The first-order valence-corrected chi connectivity index (χ1v) is 13.0. The first-order chi connectivity index (χ1) is 19.0. The number of piperidine rings is 1. The van der Waals surface area contributed by atoms with E-state index in [0.717, 1.165) is 22.4 Å². The Balaban J connectivity index is 1.64. The number of carbonyl (C=O) groups is 1. The topological polar surface area (TPSA) is 79.6 Å². The van der Waals surface area contributed by atoms with E-state index < -0.39 is 58.5 Å². The number of anilines is 1. The molecule has 0 radical (unpaired) electrons. The average molecular weight is 605 g/mol. The lowest BCUT2D eigenvalue weighted by Crippen LogP contribution is -2.46. The first kappa shape index (κ1) is 30.2. The summed E-state index contributed by atoms with van der Waals surface area (Å²) in [5.74, 6) is -2.35. The summed E-state index contributed by atoms with van der Waals surface area (Å²) >= 11 is 0.852. The van der Waals surface area contributed by atoms with Crippen molar-refractivity contribution in [3.63, 3.8) is 0 Å². The lowest BCUT2D eigenvalue weighted by Gasteiger charge is -2.40. The van der Waals surface area contributed by atoms with Gasteiger partial charge in [0.15, 0.2) is 5.13 Å². The molecule has 0 spiro atoms. The molecule has 1 aliphatic heterocycles. The van der Waals surface area contributed by atoms with Crippen LogP contribution in [0.4, 0.5) is 40.9 Å². The van der Waals surface area contributed by atoms with Crippen LogP contribution in [0, 0.1) is 28.8 Å². The van der Waals surface area contributed by atoms with Gasteiger partial charge in [0.1, 0.15) is 12.0 Å². The Morgan fingerprint density at radius 2 is 1.76 bits per heavy atom. The van der Waals surface area contributed by atoms with E-state index in [1.807, 2.05) is 0 Å². The van der Waals surface area contributed by atoms with E-state index in [0.29, 0.717) is 28.4 Å². The van der Waals surface area contributed by atoms with Crippen molar-refractivity contribution >= 4 is 27.4 Å². The number of thiazole rings is 1. The number of carbonyl (C=O) groups excluding carboxylic acids is 1. The Morgan fingerprint density at radius 3 is 2.29 bits per heavy atom. The van der Waals surface area contributed by atoms with Gasteiger partial charge in [0.2, 0.25) is 5.91 Å². The molecular formula is C26H23F7N4O3S. The number of rotatable bonds is 6. The molecule has 4 rings (SSSR count). The molecular weight excluding hydrogens is 581 g/mol. The highest BCUT2D eigenvalue weighted by Gasteiger charge is 2.40. The van der Waals surface area contributed by atoms with Gasteiger partial charge >= 0.3 is 17.4 Å². The van der Waals surface area contributed by atoms with E-state index in [1.165, 1.54) is 25.2 Å². The van der Waals surface area contributed by atoms with Gasteiger partial charge in [-0.15, -0.1) is 0 Å². The van der Waals surface area contributed by atoms with Gasteiger partial charge < -0.3 is 9.80 Å². The molecule has 15 heteroatoms. The van der Waals surface area contributed by atoms with E-state index in [9.17, 15) is 45.6 Å². The van der Waals surface area contributed by atoms with Gasteiger partial charge in [-0.2, -0.15) is 26.3 Å². The predicted octanol–water partition coefficient (Wildman–Crippen LogP) is 6.81. The molecule has 3 aromatic rings. The van der Waals surface area contributed by atoms with Gasteiger partial charge in [-0.25, -0.2) is 9.37 Å². The molecule has 7 nitrogen and oxygen atoms in total. The molecule has 1 aliphatic rings. The maximum Gasteiger partial charge on any atom is 0.416 e. The van der Waals surface area contributed by atoms with Crippen molar-refractivity contribution in [1.29, 1.82) is 0 Å². The zero-order valence-corrected chi connectivity index (χ0v) is 22.4. The molecule has 2 heterocycles. The summed E-state index contributed by atoms with van der Waals surface area (Å²) in [6, 6.07) is 5.22. The minimum Gasteiger partial charge on any atom is -0.347 e. The predicted molar refractivity (Wildman–Crippen MR) is 136 cm³/mol. The second-order valence-electron chi connectivity index (χ2n) is 9.80. The van der Waals surface area contributed by atoms with E-state index in [-0.39, 0.29) is 36.1 Å². The molecule has 2 aromatic carbocycles. The number of alkyl halides is 6. The van der Waals surface area contributed by atoms with Crippen LogP contribution >= 0.6 is 11.3 Å². The molecule has 1 saturated heterocycles. The van der Waals surface area contributed by atoms with Crippen LogP contribution in [-0.4, -0.2) is 40.9 Å². The highest BCUT2D eigenvalue weighted by atomic mass is 32.1. The molecule has 0 N–H and O–H groups in total. The molecule has 41 heavy (non-hydrogen) atoms. The normalized spacial score (nSPS) is 17.9. The number of nitrogens with zero attached hydrogens (tertiary/aromatic N) is 4. The van der Waals surface area contributed by atoms with Crippen molar-refractivity contribution in [3.05, 3.63) is 86.3 Å². The highest BCUT2D eigenvalue weighted by molar-refractivity contribution is 7.18. The molecule has 1 fully saturated rings. The van der Waals surface area contributed by atoms with Crippen molar-refractivity contribution in [2.75, 3.05) is 25.0 Å². The zero-order valence-electron chi connectivity index (χ0n) is 21.6. The van der Waals surface area contributed by atoms with E-state index >= 15 is 0 Å². The van der Waals surface area contributed by atoms with Gasteiger partial charge in [0.25, 0.3) is 0 Å². The number of nitro groups is 1. The van der Waals surface area contributed by atoms with Gasteiger partial charge in [0, 0.05) is 38.5 Å². The molecule has 220 valence electrons. The Hall–Kier alpha value is -3.75. The Morgan fingerprint density at radius 1 is 1.12 bits per heavy atom. The number of aromatic nitrogens is 1. The number of benzene rings is 2. The zero-order chi connectivity index (χ0) is 30.3. The van der Waals surface area contributed by atoms with E-state index in [1.54, 1.807) is 11.8 Å². The SMILES string of the molecule is Cc1cc(F)ccc1[C@@H]1CN(c2ncc([N+](=O)[O-])s2)CC[C@H]1C(=O)N(C)Cc1cc(C(F)(F)F)cc(C(F)(F)F)c1. The lowest BCUT2D eigenvalue weighted by molar-refractivity contribution is -0.380.